The van der Waals surface area contributed by atoms with E-state index in [0.29, 0.717) is 24.0 Å². The molecule has 5 nitrogen and oxygen atoms in total. The SMILES string of the molecule is CN=C(NCc1ccc(C)nc1)N1CC2C3CCC(O3)C2C1. The number of aliphatic imine (C=N–C) groups is 1. The van der Waals surface area contributed by atoms with E-state index in [9.17, 15) is 0 Å². The Morgan fingerprint density at radius 3 is 2.64 bits per heavy atom. The van der Waals surface area contributed by atoms with Crippen LogP contribution < -0.4 is 5.32 Å². The van der Waals surface area contributed by atoms with Crippen molar-refractivity contribution in [2.75, 3.05) is 20.1 Å². The van der Waals surface area contributed by atoms with Gasteiger partial charge in [0, 0.05) is 50.4 Å². The molecule has 4 unspecified atom stereocenters. The number of guanidine groups is 1. The molecule has 0 aromatic carbocycles. The largest absolute Gasteiger partial charge is 0.374 e. The number of pyridine rings is 1. The number of ether oxygens (including phenoxy) is 1. The van der Waals surface area contributed by atoms with Gasteiger partial charge in [-0.2, -0.15) is 0 Å². The van der Waals surface area contributed by atoms with Crippen molar-refractivity contribution in [3.63, 3.8) is 0 Å². The molecule has 0 radical (unpaired) electrons. The van der Waals surface area contributed by atoms with Gasteiger partial charge in [0.15, 0.2) is 5.96 Å². The third-order valence-corrected chi connectivity index (χ3v) is 5.39. The van der Waals surface area contributed by atoms with Crippen LogP contribution in [-0.4, -0.2) is 48.2 Å². The lowest BCUT2D eigenvalue weighted by atomic mass is 9.82. The van der Waals surface area contributed by atoms with Crippen LogP contribution in [0.15, 0.2) is 23.3 Å². The maximum Gasteiger partial charge on any atom is 0.193 e. The predicted molar refractivity (Wildman–Crippen MR) is 85.6 cm³/mol. The normalized spacial score (nSPS) is 33.4. The lowest BCUT2D eigenvalue weighted by molar-refractivity contribution is 0.0767. The van der Waals surface area contributed by atoms with Crippen LogP contribution in [0.4, 0.5) is 0 Å². The molecule has 118 valence electrons. The molecule has 4 atom stereocenters. The summed E-state index contributed by atoms with van der Waals surface area (Å²) in [4.78, 5) is 11.2. The van der Waals surface area contributed by atoms with Crippen molar-refractivity contribution in [3.8, 4) is 0 Å². The van der Waals surface area contributed by atoms with Crippen molar-refractivity contribution in [3.05, 3.63) is 29.6 Å². The molecule has 4 heterocycles. The highest BCUT2D eigenvalue weighted by atomic mass is 16.5. The zero-order valence-corrected chi connectivity index (χ0v) is 13.3. The zero-order chi connectivity index (χ0) is 15.1. The minimum atomic E-state index is 0.499. The first-order valence-corrected chi connectivity index (χ1v) is 8.27. The van der Waals surface area contributed by atoms with E-state index in [1.807, 2.05) is 20.2 Å². The topological polar surface area (TPSA) is 49.8 Å². The molecule has 3 fully saturated rings. The van der Waals surface area contributed by atoms with Gasteiger partial charge in [-0.05, 0) is 31.4 Å². The van der Waals surface area contributed by atoms with Gasteiger partial charge >= 0.3 is 0 Å². The monoisotopic (exact) mass is 300 g/mol. The number of nitrogens with one attached hydrogen (secondary N) is 1. The minimum Gasteiger partial charge on any atom is -0.374 e. The van der Waals surface area contributed by atoms with Gasteiger partial charge in [0.25, 0.3) is 0 Å². The molecule has 5 heteroatoms. The summed E-state index contributed by atoms with van der Waals surface area (Å²) in [5, 5.41) is 3.48. The average molecular weight is 300 g/mol. The third-order valence-electron chi connectivity index (χ3n) is 5.39. The smallest absolute Gasteiger partial charge is 0.193 e. The van der Waals surface area contributed by atoms with E-state index in [2.05, 4.69) is 32.3 Å². The first-order valence-electron chi connectivity index (χ1n) is 8.27. The Balaban J connectivity index is 1.38. The summed E-state index contributed by atoms with van der Waals surface area (Å²) in [6.07, 6.45) is 5.43. The summed E-state index contributed by atoms with van der Waals surface area (Å²) in [6.45, 7) is 4.94. The van der Waals surface area contributed by atoms with E-state index < -0.39 is 0 Å². The summed E-state index contributed by atoms with van der Waals surface area (Å²) >= 11 is 0. The maximum atomic E-state index is 6.05. The molecule has 1 aromatic rings. The highest BCUT2D eigenvalue weighted by Crippen LogP contribution is 2.47. The number of hydrogen-bond acceptors (Lipinski definition) is 3. The first kappa shape index (κ1) is 14.0. The molecule has 0 saturated carbocycles. The lowest BCUT2D eigenvalue weighted by Gasteiger charge is -2.23. The van der Waals surface area contributed by atoms with Crippen molar-refractivity contribution in [1.29, 1.82) is 0 Å². The number of aryl methyl sites for hydroxylation is 1. The lowest BCUT2D eigenvalue weighted by Crippen LogP contribution is -2.41. The summed E-state index contributed by atoms with van der Waals surface area (Å²) < 4.78 is 6.05. The van der Waals surface area contributed by atoms with E-state index >= 15 is 0 Å². The molecule has 3 aliphatic rings. The van der Waals surface area contributed by atoms with Gasteiger partial charge in [-0.3, -0.25) is 9.98 Å². The van der Waals surface area contributed by atoms with Gasteiger partial charge in [-0.15, -0.1) is 0 Å². The van der Waals surface area contributed by atoms with Crippen LogP contribution in [0.3, 0.4) is 0 Å². The summed E-state index contributed by atoms with van der Waals surface area (Å²) in [5.41, 5.74) is 2.24. The van der Waals surface area contributed by atoms with Crippen LogP contribution in [0.25, 0.3) is 0 Å². The van der Waals surface area contributed by atoms with E-state index in [4.69, 9.17) is 4.74 Å². The highest BCUT2D eigenvalue weighted by Gasteiger charge is 2.53. The van der Waals surface area contributed by atoms with Crippen LogP contribution in [0.5, 0.6) is 0 Å². The number of nitrogens with zero attached hydrogens (tertiary/aromatic N) is 3. The third kappa shape index (κ3) is 2.37. The van der Waals surface area contributed by atoms with Gasteiger partial charge in [0.05, 0.1) is 12.2 Å². The highest BCUT2D eigenvalue weighted by molar-refractivity contribution is 5.80. The van der Waals surface area contributed by atoms with Crippen LogP contribution in [0.2, 0.25) is 0 Å². The van der Waals surface area contributed by atoms with Crippen LogP contribution in [0.1, 0.15) is 24.1 Å². The quantitative estimate of drug-likeness (QED) is 0.665. The molecule has 0 amide bonds. The second-order valence-corrected chi connectivity index (χ2v) is 6.73. The Bertz CT molecular complexity index is 553. The van der Waals surface area contributed by atoms with Crippen molar-refractivity contribution in [2.24, 2.45) is 16.8 Å². The van der Waals surface area contributed by atoms with Crippen LogP contribution >= 0.6 is 0 Å². The molecular weight excluding hydrogens is 276 g/mol. The Hall–Kier alpha value is -1.62. The number of hydrogen-bond donors (Lipinski definition) is 1. The van der Waals surface area contributed by atoms with Crippen LogP contribution in [-0.2, 0) is 11.3 Å². The molecule has 22 heavy (non-hydrogen) atoms. The van der Waals surface area contributed by atoms with Gasteiger partial charge in [-0.25, -0.2) is 0 Å². The van der Waals surface area contributed by atoms with Gasteiger partial charge in [0.1, 0.15) is 0 Å². The Labute approximate surface area is 131 Å². The number of rotatable bonds is 2. The summed E-state index contributed by atoms with van der Waals surface area (Å²) in [5.74, 6) is 2.42. The fourth-order valence-electron chi connectivity index (χ4n) is 4.25. The average Bonchev–Trinajstić information content (AvgIpc) is 3.22. The fraction of sp³-hybridized carbons (Fsp3) is 0.647. The molecule has 1 aromatic heterocycles. The molecule has 0 spiro atoms. The maximum absolute atomic E-state index is 6.05. The van der Waals surface area contributed by atoms with Gasteiger partial charge in [0.2, 0.25) is 0 Å². The van der Waals surface area contributed by atoms with E-state index in [0.717, 1.165) is 31.3 Å². The van der Waals surface area contributed by atoms with Crippen molar-refractivity contribution >= 4 is 5.96 Å². The van der Waals surface area contributed by atoms with E-state index in [-0.39, 0.29) is 0 Å². The minimum absolute atomic E-state index is 0.499. The Kier molecular flexibility index (Phi) is 3.53. The zero-order valence-electron chi connectivity index (χ0n) is 13.3. The molecule has 3 aliphatic heterocycles. The summed E-state index contributed by atoms with van der Waals surface area (Å²) in [7, 11) is 1.87. The van der Waals surface area contributed by atoms with Crippen molar-refractivity contribution in [2.45, 2.75) is 38.5 Å². The standard InChI is InChI=1S/C17H24N4O/c1-11-3-4-12(7-19-11)8-20-17(18-2)21-9-13-14(10-21)16-6-5-15(13)22-16/h3-4,7,13-16H,5-6,8-10H2,1-2H3,(H,18,20). The molecule has 0 aliphatic carbocycles. The van der Waals surface area contributed by atoms with Crippen molar-refractivity contribution < 1.29 is 4.74 Å². The molecular formula is C17H24N4O. The molecule has 2 bridgehead atoms. The van der Waals surface area contributed by atoms with Crippen LogP contribution in [0, 0.1) is 18.8 Å². The van der Waals surface area contributed by atoms with E-state index in [1.54, 1.807) is 0 Å². The van der Waals surface area contributed by atoms with E-state index in [1.165, 1.54) is 18.4 Å². The first-order chi connectivity index (χ1) is 10.7. The predicted octanol–water partition coefficient (Wildman–Crippen LogP) is 1.57. The van der Waals surface area contributed by atoms with Crippen molar-refractivity contribution in [1.82, 2.24) is 15.2 Å². The summed E-state index contributed by atoms with van der Waals surface area (Å²) in [6, 6.07) is 4.17. The Morgan fingerprint density at radius 1 is 1.32 bits per heavy atom. The second-order valence-electron chi connectivity index (χ2n) is 6.73. The number of fused-ring (bicyclic) bond motifs is 5. The fourth-order valence-corrected chi connectivity index (χ4v) is 4.25. The molecule has 1 N–H and O–H groups in total. The molecule has 3 saturated heterocycles. The van der Waals surface area contributed by atoms with Gasteiger partial charge < -0.3 is 15.0 Å². The Morgan fingerprint density at radius 2 is 2.05 bits per heavy atom. The number of likely N-dealkylation sites (tertiary alicyclic amines) is 1. The van der Waals surface area contributed by atoms with Gasteiger partial charge in [-0.1, -0.05) is 6.07 Å². The second kappa shape index (κ2) is 5.54. The number of aromatic nitrogens is 1. The molecule has 4 rings (SSSR count).